The van der Waals surface area contributed by atoms with E-state index in [0.717, 1.165) is 12.1 Å². The maximum atomic E-state index is 14.9. The van der Waals surface area contributed by atoms with Gasteiger partial charge in [0.25, 0.3) is 0 Å². The molecule has 1 atom stereocenters. The van der Waals surface area contributed by atoms with Crippen LogP contribution in [0.5, 0.6) is 0 Å². The van der Waals surface area contributed by atoms with Gasteiger partial charge in [-0.3, -0.25) is 10.1 Å². The third-order valence-corrected chi connectivity index (χ3v) is 5.55. The Morgan fingerprint density at radius 3 is 2.83 bits per heavy atom. The lowest BCUT2D eigenvalue weighted by Gasteiger charge is -2.10. The van der Waals surface area contributed by atoms with E-state index < -0.39 is 50.7 Å². The van der Waals surface area contributed by atoms with Gasteiger partial charge < -0.3 is 4.74 Å². The average molecular weight is 502 g/mol. The van der Waals surface area contributed by atoms with E-state index in [9.17, 15) is 22.0 Å². The van der Waals surface area contributed by atoms with Crippen LogP contribution in [0.25, 0.3) is 11.0 Å². The summed E-state index contributed by atoms with van der Waals surface area (Å²) in [4.78, 5) is 17.4. The number of benzene rings is 1. The van der Waals surface area contributed by atoms with Crippen LogP contribution in [0.15, 0.2) is 28.9 Å². The van der Waals surface area contributed by atoms with E-state index in [-0.39, 0.29) is 5.69 Å². The standard InChI is InChI=1S/C17H14BrF2N5O4S/c18-8-5-10-14(24-25(16(10)23-6-8)17-22-3-4-29-17)15(26)9-1-2-12(19)11(13(9)20)7-30(21,27)28/h1-2,5-6,17,22H,3-4,7H2,(H2,21,27,28). The Morgan fingerprint density at radius 1 is 1.40 bits per heavy atom. The summed E-state index contributed by atoms with van der Waals surface area (Å²) in [6.45, 7) is 0.991. The fourth-order valence-corrected chi connectivity index (χ4v) is 4.13. The predicted octanol–water partition coefficient (Wildman–Crippen LogP) is 1.57. The number of ether oxygens (including phenoxy) is 1. The van der Waals surface area contributed by atoms with Crippen molar-refractivity contribution in [3.63, 3.8) is 0 Å². The number of fused-ring (bicyclic) bond motifs is 1. The number of nitrogens with one attached hydrogen (secondary N) is 1. The number of hydrogen-bond acceptors (Lipinski definition) is 7. The molecule has 0 amide bonds. The number of nitrogens with two attached hydrogens (primary N) is 1. The van der Waals surface area contributed by atoms with Crippen LogP contribution in [-0.2, 0) is 20.5 Å². The molecule has 0 spiro atoms. The molecule has 1 aromatic carbocycles. The topological polar surface area (TPSA) is 129 Å². The minimum atomic E-state index is -4.23. The van der Waals surface area contributed by atoms with Gasteiger partial charge in [-0.2, -0.15) is 5.10 Å². The molecule has 1 unspecified atom stereocenters. The molecule has 1 aliphatic heterocycles. The van der Waals surface area contributed by atoms with E-state index in [2.05, 4.69) is 31.3 Å². The van der Waals surface area contributed by atoms with E-state index in [1.54, 1.807) is 6.07 Å². The summed E-state index contributed by atoms with van der Waals surface area (Å²) in [6, 6.07) is 3.33. The Bertz CT molecular complexity index is 1270. The zero-order chi connectivity index (χ0) is 21.6. The van der Waals surface area contributed by atoms with Gasteiger partial charge in [0, 0.05) is 22.8 Å². The summed E-state index contributed by atoms with van der Waals surface area (Å²) >= 11 is 3.27. The first-order chi connectivity index (χ1) is 14.2. The van der Waals surface area contributed by atoms with Gasteiger partial charge >= 0.3 is 0 Å². The SMILES string of the molecule is NS(=O)(=O)Cc1c(F)ccc(C(=O)c2nn(C3NCCO3)c3ncc(Br)cc23)c1F. The Morgan fingerprint density at radius 2 is 2.17 bits per heavy atom. The van der Waals surface area contributed by atoms with Gasteiger partial charge in [-0.15, -0.1) is 0 Å². The number of ketones is 1. The predicted molar refractivity (Wildman–Crippen MR) is 105 cm³/mol. The molecule has 0 saturated carbocycles. The molecular formula is C17H14BrF2N5O4S. The highest BCUT2D eigenvalue weighted by Gasteiger charge is 2.29. The number of nitrogens with zero attached hydrogens (tertiary/aromatic N) is 3. The lowest BCUT2D eigenvalue weighted by molar-refractivity contribution is 0.0372. The Hall–Kier alpha value is -2.32. The molecule has 1 saturated heterocycles. The first kappa shape index (κ1) is 20.9. The van der Waals surface area contributed by atoms with Crippen LogP contribution in [0, 0.1) is 11.6 Å². The maximum Gasteiger partial charge on any atom is 0.216 e. The molecule has 3 heterocycles. The van der Waals surface area contributed by atoms with Gasteiger partial charge in [0.15, 0.2) is 5.65 Å². The van der Waals surface area contributed by atoms with Gasteiger partial charge in [0.1, 0.15) is 17.3 Å². The highest BCUT2D eigenvalue weighted by atomic mass is 79.9. The van der Waals surface area contributed by atoms with E-state index in [1.807, 2.05) is 0 Å². The van der Waals surface area contributed by atoms with Crippen molar-refractivity contribution in [3.05, 3.63) is 57.3 Å². The second-order valence-corrected chi connectivity index (χ2v) is 9.05. The lowest BCUT2D eigenvalue weighted by Crippen LogP contribution is -2.22. The van der Waals surface area contributed by atoms with Gasteiger partial charge in [-0.05, 0) is 34.1 Å². The van der Waals surface area contributed by atoms with Crippen molar-refractivity contribution >= 4 is 42.8 Å². The second-order valence-electron chi connectivity index (χ2n) is 6.52. The fraction of sp³-hybridized carbons (Fsp3) is 0.235. The van der Waals surface area contributed by atoms with Crippen molar-refractivity contribution in [2.24, 2.45) is 5.14 Å². The lowest BCUT2D eigenvalue weighted by atomic mass is 10.0. The molecule has 9 nitrogen and oxygen atoms in total. The van der Waals surface area contributed by atoms with Crippen LogP contribution in [-0.4, -0.2) is 42.1 Å². The monoisotopic (exact) mass is 501 g/mol. The molecule has 4 rings (SSSR count). The van der Waals surface area contributed by atoms with Crippen LogP contribution in [0.1, 0.15) is 28.0 Å². The minimum absolute atomic E-state index is 0.150. The van der Waals surface area contributed by atoms with E-state index in [0.29, 0.717) is 28.7 Å². The Labute approximate surface area is 177 Å². The molecule has 1 fully saturated rings. The third-order valence-electron chi connectivity index (χ3n) is 4.42. The van der Waals surface area contributed by atoms with Gasteiger partial charge in [-0.25, -0.2) is 32.0 Å². The van der Waals surface area contributed by atoms with E-state index >= 15 is 0 Å². The molecule has 158 valence electrons. The average Bonchev–Trinajstić information content (AvgIpc) is 3.31. The molecule has 3 aromatic rings. The van der Waals surface area contributed by atoms with Gasteiger partial charge in [-0.1, -0.05) is 0 Å². The zero-order valence-electron chi connectivity index (χ0n) is 15.1. The number of primary sulfonamides is 1. The maximum absolute atomic E-state index is 14.9. The number of hydrogen-bond donors (Lipinski definition) is 2. The number of carbonyl (C=O) groups is 1. The smallest absolute Gasteiger partial charge is 0.216 e. The number of rotatable bonds is 5. The fourth-order valence-electron chi connectivity index (χ4n) is 3.13. The first-order valence-electron chi connectivity index (χ1n) is 8.56. The minimum Gasteiger partial charge on any atom is -0.342 e. The molecule has 0 bridgehead atoms. The van der Waals surface area contributed by atoms with Gasteiger partial charge in [0.2, 0.25) is 22.2 Å². The summed E-state index contributed by atoms with van der Waals surface area (Å²) in [5, 5.41) is 12.5. The van der Waals surface area contributed by atoms with Crippen LogP contribution in [0.2, 0.25) is 0 Å². The molecule has 30 heavy (non-hydrogen) atoms. The van der Waals surface area contributed by atoms with Crippen molar-refractivity contribution in [1.29, 1.82) is 0 Å². The van der Waals surface area contributed by atoms with Crippen molar-refractivity contribution in [1.82, 2.24) is 20.1 Å². The third kappa shape index (κ3) is 3.86. The van der Waals surface area contributed by atoms with Crippen LogP contribution >= 0.6 is 15.9 Å². The molecular weight excluding hydrogens is 488 g/mol. The highest BCUT2D eigenvalue weighted by Crippen LogP contribution is 2.28. The summed E-state index contributed by atoms with van der Waals surface area (Å²) in [5.74, 6) is -4.39. The summed E-state index contributed by atoms with van der Waals surface area (Å²) in [6.07, 6.45) is 0.839. The second kappa shape index (κ2) is 7.74. The molecule has 3 N–H and O–H groups in total. The van der Waals surface area contributed by atoms with E-state index in [4.69, 9.17) is 9.88 Å². The van der Waals surface area contributed by atoms with Crippen LogP contribution < -0.4 is 10.5 Å². The quantitative estimate of drug-likeness (QED) is 0.507. The first-order valence-corrected chi connectivity index (χ1v) is 11.1. The summed E-state index contributed by atoms with van der Waals surface area (Å²) < 4.78 is 59.0. The molecule has 0 aliphatic carbocycles. The molecule has 1 aliphatic rings. The summed E-state index contributed by atoms with van der Waals surface area (Å²) in [7, 11) is -4.23. The zero-order valence-corrected chi connectivity index (χ0v) is 17.5. The molecule has 13 heteroatoms. The van der Waals surface area contributed by atoms with Crippen molar-refractivity contribution in [3.8, 4) is 0 Å². The van der Waals surface area contributed by atoms with Crippen LogP contribution in [0.4, 0.5) is 8.78 Å². The number of halogens is 3. The normalized spacial score (nSPS) is 17.0. The number of pyridine rings is 1. The van der Waals surface area contributed by atoms with E-state index in [1.165, 1.54) is 10.9 Å². The van der Waals surface area contributed by atoms with Crippen LogP contribution in [0.3, 0.4) is 0 Å². The Balaban J connectivity index is 1.86. The highest BCUT2D eigenvalue weighted by molar-refractivity contribution is 9.10. The molecule has 0 radical (unpaired) electrons. The molecule has 2 aromatic heterocycles. The van der Waals surface area contributed by atoms with Crippen molar-refractivity contribution < 1.29 is 26.7 Å². The number of sulfonamides is 1. The number of aromatic nitrogens is 3. The van der Waals surface area contributed by atoms with Crippen molar-refractivity contribution in [2.45, 2.75) is 12.1 Å². The van der Waals surface area contributed by atoms with Crippen molar-refractivity contribution in [2.75, 3.05) is 13.2 Å². The summed E-state index contributed by atoms with van der Waals surface area (Å²) in [5.41, 5.74) is -1.19. The van der Waals surface area contributed by atoms with Gasteiger partial charge in [0.05, 0.1) is 23.3 Å². The number of carbonyl (C=O) groups excluding carboxylic acids is 1. The Kier molecular flexibility index (Phi) is 5.40. The largest absolute Gasteiger partial charge is 0.342 e.